The standard InChI is InChI=1S/C22H17FN2O3S/c1-16-6-5-9-19(14-16)25-22(15-21(24-25)17-7-3-2-4-8-17)28-29(26,27)20-12-10-18(23)11-13-20/h2-15H,1H3. The van der Waals surface area contributed by atoms with Crippen LogP contribution in [-0.4, -0.2) is 18.2 Å². The molecule has 0 unspecified atom stereocenters. The van der Waals surface area contributed by atoms with E-state index in [1.54, 1.807) is 6.07 Å². The van der Waals surface area contributed by atoms with E-state index < -0.39 is 15.9 Å². The van der Waals surface area contributed by atoms with Gasteiger partial charge in [0.25, 0.3) is 0 Å². The van der Waals surface area contributed by atoms with Crippen LogP contribution in [0.4, 0.5) is 4.39 Å². The number of aromatic nitrogens is 2. The predicted molar refractivity (Wildman–Crippen MR) is 108 cm³/mol. The summed E-state index contributed by atoms with van der Waals surface area (Å²) in [7, 11) is -4.17. The zero-order valence-corrected chi connectivity index (χ0v) is 16.3. The Kier molecular flexibility index (Phi) is 4.90. The number of nitrogens with zero attached hydrogens (tertiary/aromatic N) is 2. The van der Waals surface area contributed by atoms with E-state index in [2.05, 4.69) is 5.10 Å². The summed E-state index contributed by atoms with van der Waals surface area (Å²) in [6, 6.07) is 22.9. The van der Waals surface area contributed by atoms with E-state index in [0.717, 1.165) is 35.4 Å². The Morgan fingerprint density at radius 2 is 1.62 bits per heavy atom. The lowest BCUT2D eigenvalue weighted by molar-refractivity contribution is 0.465. The van der Waals surface area contributed by atoms with Crippen molar-refractivity contribution in [1.29, 1.82) is 0 Å². The highest BCUT2D eigenvalue weighted by Crippen LogP contribution is 2.29. The van der Waals surface area contributed by atoms with Crippen molar-refractivity contribution in [2.45, 2.75) is 11.8 Å². The van der Waals surface area contributed by atoms with Crippen LogP contribution in [0.15, 0.2) is 89.8 Å². The molecule has 0 saturated carbocycles. The monoisotopic (exact) mass is 408 g/mol. The number of rotatable bonds is 5. The molecule has 1 heterocycles. The normalized spacial score (nSPS) is 11.4. The van der Waals surface area contributed by atoms with Crippen molar-refractivity contribution in [3.63, 3.8) is 0 Å². The van der Waals surface area contributed by atoms with E-state index in [4.69, 9.17) is 4.18 Å². The second-order valence-electron chi connectivity index (χ2n) is 6.48. The fraction of sp³-hybridized carbons (Fsp3) is 0.0455. The molecule has 0 spiro atoms. The summed E-state index contributed by atoms with van der Waals surface area (Å²) in [6.07, 6.45) is 0. The summed E-state index contributed by atoms with van der Waals surface area (Å²) < 4.78 is 45.5. The minimum absolute atomic E-state index is 0.0405. The molecule has 0 saturated heterocycles. The molecule has 5 nitrogen and oxygen atoms in total. The van der Waals surface area contributed by atoms with Crippen molar-refractivity contribution in [2.24, 2.45) is 0 Å². The van der Waals surface area contributed by atoms with Crippen LogP contribution >= 0.6 is 0 Å². The van der Waals surface area contributed by atoms with Gasteiger partial charge in [-0.3, -0.25) is 0 Å². The minimum Gasteiger partial charge on any atom is -0.358 e. The SMILES string of the molecule is Cc1cccc(-n2nc(-c3ccccc3)cc2OS(=O)(=O)c2ccc(F)cc2)c1. The van der Waals surface area contributed by atoms with E-state index in [9.17, 15) is 12.8 Å². The number of halogens is 1. The summed E-state index contributed by atoms with van der Waals surface area (Å²) in [6.45, 7) is 1.93. The lowest BCUT2D eigenvalue weighted by atomic mass is 10.2. The highest BCUT2D eigenvalue weighted by molar-refractivity contribution is 7.87. The van der Waals surface area contributed by atoms with E-state index in [-0.39, 0.29) is 10.8 Å². The van der Waals surface area contributed by atoms with Crippen LogP contribution in [0.25, 0.3) is 16.9 Å². The fourth-order valence-electron chi connectivity index (χ4n) is 2.88. The van der Waals surface area contributed by atoms with Gasteiger partial charge in [0.1, 0.15) is 10.7 Å². The molecule has 4 aromatic rings. The molecule has 0 aliphatic rings. The van der Waals surface area contributed by atoms with Crippen LogP contribution in [-0.2, 0) is 10.1 Å². The van der Waals surface area contributed by atoms with Gasteiger partial charge in [-0.15, -0.1) is 0 Å². The molecule has 7 heteroatoms. The lowest BCUT2D eigenvalue weighted by Crippen LogP contribution is -2.12. The molecule has 0 aliphatic carbocycles. The Morgan fingerprint density at radius 3 is 2.31 bits per heavy atom. The van der Waals surface area contributed by atoms with Crippen LogP contribution in [0.5, 0.6) is 5.88 Å². The third kappa shape index (κ3) is 4.05. The third-order valence-electron chi connectivity index (χ3n) is 4.29. The molecule has 0 fully saturated rings. The Bertz CT molecular complexity index is 1250. The molecular weight excluding hydrogens is 391 g/mol. The van der Waals surface area contributed by atoms with Crippen molar-refractivity contribution in [3.05, 3.63) is 96.3 Å². The average molecular weight is 408 g/mol. The van der Waals surface area contributed by atoms with Crippen molar-refractivity contribution in [3.8, 4) is 22.8 Å². The maximum atomic E-state index is 13.2. The Morgan fingerprint density at radius 1 is 0.897 bits per heavy atom. The van der Waals surface area contributed by atoms with Gasteiger partial charge in [-0.25, -0.2) is 4.39 Å². The van der Waals surface area contributed by atoms with E-state index >= 15 is 0 Å². The summed E-state index contributed by atoms with van der Waals surface area (Å²) in [4.78, 5) is -0.142. The lowest BCUT2D eigenvalue weighted by Gasteiger charge is -2.10. The molecule has 0 bridgehead atoms. The molecule has 4 rings (SSSR count). The molecule has 1 aromatic heterocycles. The van der Waals surface area contributed by atoms with Gasteiger partial charge in [-0.1, -0.05) is 42.5 Å². The van der Waals surface area contributed by atoms with Crippen LogP contribution in [0.2, 0.25) is 0 Å². The Hall–Kier alpha value is -3.45. The van der Waals surface area contributed by atoms with Gasteiger partial charge in [0.05, 0.1) is 11.4 Å². The quantitative estimate of drug-likeness (QED) is 0.447. The molecular formula is C22H17FN2O3S. The van der Waals surface area contributed by atoms with Crippen molar-refractivity contribution in [1.82, 2.24) is 9.78 Å². The van der Waals surface area contributed by atoms with Crippen molar-refractivity contribution >= 4 is 10.1 Å². The van der Waals surface area contributed by atoms with Gasteiger partial charge in [0.15, 0.2) is 0 Å². The van der Waals surface area contributed by atoms with Gasteiger partial charge in [0, 0.05) is 11.6 Å². The van der Waals surface area contributed by atoms with Crippen LogP contribution < -0.4 is 4.18 Å². The molecule has 0 aliphatic heterocycles. The summed E-state index contributed by atoms with van der Waals surface area (Å²) >= 11 is 0. The molecule has 0 radical (unpaired) electrons. The fourth-order valence-corrected chi connectivity index (χ4v) is 3.79. The average Bonchev–Trinajstić information content (AvgIpc) is 3.12. The zero-order valence-electron chi connectivity index (χ0n) is 15.5. The first-order chi connectivity index (χ1) is 13.9. The first kappa shape index (κ1) is 18.9. The molecule has 146 valence electrons. The molecule has 3 aromatic carbocycles. The van der Waals surface area contributed by atoms with E-state index in [1.165, 1.54) is 4.68 Å². The highest BCUT2D eigenvalue weighted by atomic mass is 32.2. The number of hydrogen-bond acceptors (Lipinski definition) is 4. The van der Waals surface area contributed by atoms with Gasteiger partial charge < -0.3 is 4.18 Å². The van der Waals surface area contributed by atoms with Crippen LogP contribution in [0.3, 0.4) is 0 Å². The summed E-state index contributed by atoms with van der Waals surface area (Å²) in [5.41, 5.74) is 3.04. The van der Waals surface area contributed by atoms with Crippen molar-refractivity contribution in [2.75, 3.05) is 0 Å². The maximum absolute atomic E-state index is 13.2. The van der Waals surface area contributed by atoms with Gasteiger partial charge in [-0.05, 0) is 48.9 Å². The molecule has 0 N–H and O–H groups in total. The zero-order chi connectivity index (χ0) is 20.4. The molecule has 0 atom stereocenters. The van der Waals surface area contributed by atoms with E-state index in [0.29, 0.717) is 11.4 Å². The number of aryl methyl sites for hydroxylation is 1. The largest absolute Gasteiger partial charge is 0.358 e. The number of benzene rings is 3. The first-order valence-electron chi connectivity index (χ1n) is 8.85. The van der Waals surface area contributed by atoms with Gasteiger partial charge in [-0.2, -0.15) is 18.2 Å². The smallest absolute Gasteiger partial charge is 0.340 e. The predicted octanol–water partition coefficient (Wildman–Crippen LogP) is 4.75. The Labute approximate surface area is 168 Å². The molecule has 0 amide bonds. The third-order valence-corrected chi connectivity index (χ3v) is 5.53. The summed E-state index contributed by atoms with van der Waals surface area (Å²) in [5.74, 6) is -0.487. The van der Waals surface area contributed by atoms with Crippen molar-refractivity contribution < 1.29 is 17.0 Å². The topological polar surface area (TPSA) is 61.2 Å². The molecule has 29 heavy (non-hydrogen) atoms. The van der Waals surface area contributed by atoms with Gasteiger partial charge >= 0.3 is 10.1 Å². The number of hydrogen-bond donors (Lipinski definition) is 0. The Balaban J connectivity index is 1.81. The maximum Gasteiger partial charge on any atom is 0.340 e. The first-order valence-corrected chi connectivity index (χ1v) is 10.3. The summed E-state index contributed by atoms with van der Waals surface area (Å²) in [5, 5.41) is 4.55. The second-order valence-corrected chi connectivity index (χ2v) is 8.02. The van der Waals surface area contributed by atoms with Crippen LogP contribution in [0.1, 0.15) is 5.56 Å². The van der Waals surface area contributed by atoms with Gasteiger partial charge in [0.2, 0.25) is 5.88 Å². The second kappa shape index (κ2) is 7.52. The van der Waals surface area contributed by atoms with Crippen LogP contribution in [0, 0.1) is 12.7 Å². The highest BCUT2D eigenvalue weighted by Gasteiger charge is 2.22. The minimum atomic E-state index is -4.17. The van der Waals surface area contributed by atoms with E-state index in [1.807, 2.05) is 61.5 Å².